The molecule has 6 heteroatoms. The molecule has 0 unspecified atom stereocenters. The molecule has 0 bridgehead atoms. The van der Waals surface area contributed by atoms with Gasteiger partial charge in [-0.05, 0) is 41.7 Å². The molecule has 32 heavy (non-hydrogen) atoms. The van der Waals surface area contributed by atoms with Crippen molar-refractivity contribution in [1.82, 2.24) is 10.3 Å². The first-order valence-electron chi connectivity index (χ1n) is 10.5. The second-order valence-electron chi connectivity index (χ2n) is 7.59. The van der Waals surface area contributed by atoms with Gasteiger partial charge in [-0.3, -0.25) is 4.79 Å². The fourth-order valence-electron chi connectivity index (χ4n) is 3.67. The maximum atomic E-state index is 12.5. The van der Waals surface area contributed by atoms with Crippen molar-refractivity contribution < 1.29 is 9.53 Å². The van der Waals surface area contributed by atoms with Gasteiger partial charge in [0.05, 0.1) is 6.04 Å². The second-order valence-corrected chi connectivity index (χ2v) is 7.59. The Morgan fingerprint density at radius 1 is 0.938 bits per heavy atom. The molecule has 1 heterocycles. The molecule has 0 saturated carbocycles. The Bertz CT molecular complexity index is 1140. The predicted molar refractivity (Wildman–Crippen MR) is 131 cm³/mol. The molecule has 5 nitrogen and oxygen atoms in total. The van der Waals surface area contributed by atoms with Crippen LogP contribution in [0.4, 0.5) is 0 Å². The maximum Gasteiger partial charge on any atom is 0.237 e. The number of aromatic nitrogens is 1. The number of hydrogen-bond donors (Lipinski definition) is 3. The van der Waals surface area contributed by atoms with Crippen LogP contribution in [0.2, 0.25) is 0 Å². The molecule has 4 N–H and O–H groups in total. The fourth-order valence-corrected chi connectivity index (χ4v) is 3.67. The molecule has 1 atom stereocenters. The van der Waals surface area contributed by atoms with Gasteiger partial charge in [0, 0.05) is 23.6 Å². The third-order valence-corrected chi connectivity index (χ3v) is 5.35. The summed E-state index contributed by atoms with van der Waals surface area (Å²) in [4.78, 5) is 15.7. The molecule has 0 aliphatic rings. The average Bonchev–Trinajstić information content (AvgIpc) is 3.22. The van der Waals surface area contributed by atoms with E-state index in [9.17, 15) is 4.79 Å². The highest BCUT2D eigenvalue weighted by atomic mass is 35.5. The van der Waals surface area contributed by atoms with E-state index >= 15 is 0 Å². The van der Waals surface area contributed by atoms with Gasteiger partial charge in [-0.1, -0.05) is 66.7 Å². The minimum atomic E-state index is -0.594. The van der Waals surface area contributed by atoms with Gasteiger partial charge < -0.3 is 20.8 Å². The minimum Gasteiger partial charge on any atom is -0.489 e. The van der Waals surface area contributed by atoms with Crippen LogP contribution in [0.3, 0.4) is 0 Å². The summed E-state index contributed by atoms with van der Waals surface area (Å²) in [6.07, 6.45) is 3.10. The maximum absolute atomic E-state index is 12.5. The zero-order valence-electron chi connectivity index (χ0n) is 17.8. The number of carbonyl (C=O) groups is 1. The zero-order valence-corrected chi connectivity index (χ0v) is 18.6. The van der Waals surface area contributed by atoms with E-state index in [4.69, 9.17) is 10.5 Å². The third-order valence-electron chi connectivity index (χ3n) is 5.35. The number of aromatic amines is 1. The number of nitrogens with one attached hydrogen (secondary N) is 2. The number of para-hydroxylation sites is 2. The molecular formula is C26H28ClN3O2. The lowest BCUT2D eigenvalue weighted by Crippen LogP contribution is -2.42. The summed E-state index contributed by atoms with van der Waals surface area (Å²) in [5, 5.41) is 4.07. The van der Waals surface area contributed by atoms with Gasteiger partial charge in [-0.15, -0.1) is 12.4 Å². The van der Waals surface area contributed by atoms with Gasteiger partial charge in [0.1, 0.15) is 12.4 Å². The lowest BCUT2D eigenvalue weighted by Gasteiger charge is -2.14. The molecular weight excluding hydrogens is 422 g/mol. The zero-order chi connectivity index (χ0) is 21.5. The largest absolute Gasteiger partial charge is 0.489 e. The first-order chi connectivity index (χ1) is 15.2. The Morgan fingerprint density at radius 3 is 2.50 bits per heavy atom. The molecule has 0 aliphatic carbocycles. The Morgan fingerprint density at radius 2 is 1.66 bits per heavy atom. The molecule has 0 saturated heterocycles. The summed E-state index contributed by atoms with van der Waals surface area (Å²) in [5.41, 5.74) is 10.5. The van der Waals surface area contributed by atoms with Crippen LogP contribution >= 0.6 is 12.4 Å². The highest BCUT2D eigenvalue weighted by Gasteiger charge is 2.16. The SMILES string of the molecule is Cl.N[C@@H](Cc1c[nH]c2ccccc12)C(=O)NCCc1ccccc1OCc1ccccc1. The van der Waals surface area contributed by atoms with Crippen molar-refractivity contribution in [3.05, 3.63) is 102 Å². The Balaban J connectivity index is 0.00000289. The van der Waals surface area contributed by atoms with Crippen molar-refractivity contribution in [1.29, 1.82) is 0 Å². The number of ether oxygens (including phenoxy) is 1. The average molecular weight is 450 g/mol. The molecule has 4 rings (SSSR count). The summed E-state index contributed by atoms with van der Waals surface area (Å²) < 4.78 is 6.00. The molecule has 0 radical (unpaired) electrons. The Hall–Kier alpha value is -3.28. The van der Waals surface area contributed by atoms with E-state index in [0.29, 0.717) is 26.0 Å². The number of carbonyl (C=O) groups excluding carboxylic acids is 1. The lowest BCUT2D eigenvalue weighted by atomic mass is 10.0. The Labute approximate surface area is 194 Å². The van der Waals surface area contributed by atoms with Gasteiger partial charge in [-0.25, -0.2) is 0 Å². The number of H-pyrrole nitrogens is 1. The highest BCUT2D eigenvalue weighted by Crippen LogP contribution is 2.20. The van der Waals surface area contributed by atoms with Crippen LogP contribution in [0.1, 0.15) is 16.7 Å². The minimum absolute atomic E-state index is 0. The first-order valence-corrected chi connectivity index (χ1v) is 10.5. The molecule has 3 aromatic carbocycles. The van der Waals surface area contributed by atoms with Crippen LogP contribution in [0.25, 0.3) is 10.9 Å². The number of nitrogens with two attached hydrogens (primary N) is 1. The third kappa shape index (κ3) is 5.90. The van der Waals surface area contributed by atoms with E-state index in [1.54, 1.807) is 0 Å². The number of fused-ring (bicyclic) bond motifs is 1. The Kier molecular flexibility index (Phi) is 8.31. The van der Waals surface area contributed by atoms with Gasteiger partial charge in [0.25, 0.3) is 0 Å². The molecule has 166 valence electrons. The van der Waals surface area contributed by atoms with Crippen molar-refractivity contribution >= 4 is 29.2 Å². The van der Waals surface area contributed by atoms with Crippen molar-refractivity contribution in [2.24, 2.45) is 5.73 Å². The highest BCUT2D eigenvalue weighted by molar-refractivity contribution is 5.86. The van der Waals surface area contributed by atoms with E-state index in [2.05, 4.69) is 10.3 Å². The summed E-state index contributed by atoms with van der Waals surface area (Å²) >= 11 is 0. The van der Waals surface area contributed by atoms with Crippen molar-refractivity contribution in [3.63, 3.8) is 0 Å². The molecule has 0 fully saturated rings. The van der Waals surface area contributed by atoms with Gasteiger partial charge in [0.15, 0.2) is 0 Å². The quantitative estimate of drug-likeness (QED) is 0.354. The number of amides is 1. The molecule has 0 aliphatic heterocycles. The second kappa shape index (κ2) is 11.4. The molecule has 0 spiro atoms. The summed E-state index contributed by atoms with van der Waals surface area (Å²) in [7, 11) is 0. The first kappa shape index (κ1) is 23.4. The van der Waals surface area contributed by atoms with E-state index in [1.165, 1.54) is 0 Å². The molecule has 1 aromatic heterocycles. The van der Waals surface area contributed by atoms with E-state index < -0.39 is 6.04 Å². The number of halogens is 1. The lowest BCUT2D eigenvalue weighted by molar-refractivity contribution is -0.122. The van der Waals surface area contributed by atoms with Crippen LogP contribution < -0.4 is 15.8 Å². The van der Waals surface area contributed by atoms with Gasteiger partial charge in [-0.2, -0.15) is 0 Å². The van der Waals surface area contributed by atoms with Gasteiger partial charge >= 0.3 is 0 Å². The van der Waals surface area contributed by atoms with Crippen molar-refractivity contribution in [2.45, 2.75) is 25.5 Å². The summed E-state index contributed by atoms with van der Waals surface area (Å²) in [5.74, 6) is 0.691. The van der Waals surface area contributed by atoms with Crippen LogP contribution in [0, 0.1) is 0 Å². The van der Waals surface area contributed by atoms with Crippen molar-refractivity contribution in [3.8, 4) is 5.75 Å². The van der Waals surface area contributed by atoms with E-state index in [1.807, 2.05) is 85.1 Å². The number of hydrogen-bond acceptors (Lipinski definition) is 3. The number of benzene rings is 3. The molecule has 1 amide bonds. The standard InChI is InChI=1S/C26H27N3O2.ClH/c27-23(16-21-17-29-24-12-6-5-11-22(21)24)26(30)28-15-14-20-10-4-7-13-25(20)31-18-19-8-2-1-3-9-19;/h1-13,17,23,29H,14-16,18,27H2,(H,28,30);1H/t23-;/m0./s1. The summed E-state index contributed by atoms with van der Waals surface area (Å²) in [6.45, 7) is 1.02. The topological polar surface area (TPSA) is 80.1 Å². The smallest absolute Gasteiger partial charge is 0.237 e. The van der Waals surface area contributed by atoms with Crippen LogP contribution in [0.15, 0.2) is 85.1 Å². The monoisotopic (exact) mass is 449 g/mol. The van der Waals surface area contributed by atoms with Crippen molar-refractivity contribution in [2.75, 3.05) is 6.54 Å². The van der Waals surface area contributed by atoms with Crippen LogP contribution in [-0.2, 0) is 24.2 Å². The number of rotatable bonds is 9. The van der Waals surface area contributed by atoms with Crippen LogP contribution in [-0.4, -0.2) is 23.5 Å². The normalized spacial score (nSPS) is 11.5. The fraction of sp³-hybridized carbons (Fsp3) is 0.192. The summed E-state index contributed by atoms with van der Waals surface area (Å²) in [6, 6.07) is 25.4. The van der Waals surface area contributed by atoms with Crippen LogP contribution in [0.5, 0.6) is 5.75 Å². The molecule has 4 aromatic rings. The predicted octanol–water partition coefficient (Wildman–Crippen LogP) is 4.40. The van der Waals surface area contributed by atoms with E-state index in [-0.39, 0.29) is 18.3 Å². The van der Waals surface area contributed by atoms with E-state index in [0.717, 1.165) is 33.3 Å². The van der Waals surface area contributed by atoms with Gasteiger partial charge in [0.2, 0.25) is 5.91 Å².